The van der Waals surface area contributed by atoms with Gasteiger partial charge in [-0.05, 0) is 32.2 Å². The molecule has 90 valence electrons. The molecule has 0 aliphatic heterocycles. The zero-order chi connectivity index (χ0) is 12.4. The van der Waals surface area contributed by atoms with Gasteiger partial charge in [-0.1, -0.05) is 11.6 Å². The summed E-state index contributed by atoms with van der Waals surface area (Å²) in [7, 11) is 1.82. The quantitative estimate of drug-likeness (QED) is 0.912. The topological polar surface area (TPSA) is 38.1 Å². The van der Waals surface area contributed by atoms with Crippen LogP contribution in [0.15, 0.2) is 28.8 Å². The third kappa shape index (κ3) is 2.48. The first-order valence-electron chi connectivity index (χ1n) is 5.20. The molecule has 1 atom stereocenters. The number of halogens is 2. The molecule has 2 rings (SSSR count). The third-order valence-electron chi connectivity index (χ3n) is 2.53. The lowest BCUT2D eigenvalue weighted by Crippen LogP contribution is -2.12. The molecule has 1 N–H and O–H groups in total. The van der Waals surface area contributed by atoms with Crippen molar-refractivity contribution in [2.75, 3.05) is 7.05 Å². The number of rotatable bonds is 3. The highest BCUT2D eigenvalue weighted by Gasteiger charge is 2.12. The highest BCUT2D eigenvalue weighted by atomic mass is 35.5. The van der Waals surface area contributed by atoms with Crippen LogP contribution in [-0.2, 0) is 0 Å². The molecule has 1 unspecified atom stereocenters. The lowest BCUT2D eigenvalue weighted by atomic mass is 10.2. The van der Waals surface area contributed by atoms with E-state index in [9.17, 15) is 4.39 Å². The van der Waals surface area contributed by atoms with E-state index in [1.165, 1.54) is 12.1 Å². The van der Waals surface area contributed by atoms with Crippen molar-refractivity contribution in [1.29, 1.82) is 0 Å². The lowest BCUT2D eigenvalue weighted by Gasteiger charge is -2.03. The molecule has 2 aromatic rings. The zero-order valence-corrected chi connectivity index (χ0v) is 10.3. The van der Waals surface area contributed by atoms with Crippen molar-refractivity contribution in [3.8, 4) is 11.3 Å². The first-order chi connectivity index (χ1) is 8.11. The molecule has 0 radical (unpaired) electrons. The summed E-state index contributed by atoms with van der Waals surface area (Å²) in [5, 5.41) is 3.11. The first kappa shape index (κ1) is 12.1. The average Bonchev–Trinajstić information content (AvgIpc) is 2.81. The number of aromatic nitrogens is 1. The van der Waals surface area contributed by atoms with Crippen molar-refractivity contribution in [2.45, 2.75) is 13.0 Å². The fourth-order valence-corrected chi connectivity index (χ4v) is 1.51. The predicted molar refractivity (Wildman–Crippen MR) is 64.4 cm³/mol. The van der Waals surface area contributed by atoms with Crippen LogP contribution < -0.4 is 5.32 Å². The van der Waals surface area contributed by atoms with Crippen molar-refractivity contribution in [1.82, 2.24) is 10.3 Å². The Balaban J connectivity index is 2.33. The van der Waals surface area contributed by atoms with Gasteiger partial charge in [-0.2, -0.15) is 0 Å². The molecule has 17 heavy (non-hydrogen) atoms. The van der Waals surface area contributed by atoms with Crippen LogP contribution in [0.4, 0.5) is 4.39 Å². The van der Waals surface area contributed by atoms with Gasteiger partial charge >= 0.3 is 0 Å². The molecule has 0 bridgehead atoms. The van der Waals surface area contributed by atoms with Crippen LogP contribution in [0, 0.1) is 5.82 Å². The fraction of sp³-hybridized carbons (Fsp3) is 0.250. The van der Waals surface area contributed by atoms with Crippen LogP contribution in [-0.4, -0.2) is 12.0 Å². The highest BCUT2D eigenvalue weighted by molar-refractivity contribution is 6.30. The molecular formula is C12H12ClFN2O. The minimum Gasteiger partial charge on any atom is -0.439 e. The van der Waals surface area contributed by atoms with E-state index >= 15 is 0 Å². The van der Waals surface area contributed by atoms with Gasteiger partial charge in [0.25, 0.3) is 0 Å². The average molecular weight is 255 g/mol. The van der Waals surface area contributed by atoms with Gasteiger partial charge in [-0.15, -0.1) is 0 Å². The third-order valence-corrected chi connectivity index (χ3v) is 2.84. The summed E-state index contributed by atoms with van der Waals surface area (Å²) in [6, 6.07) is 4.53. The van der Waals surface area contributed by atoms with Gasteiger partial charge < -0.3 is 9.73 Å². The van der Waals surface area contributed by atoms with Crippen molar-refractivity contribution in [2.24, 2.45) is 0 Å². The molecule has 0 saturated heterocycles. The molecule has 0 saturated carbocycles. The Morgan fingerprint density at radius 2 is 2.24 bits per heavy atom. The fourth-order valence-electron chi connectivity index (χ4n) is 1.39. The van der Waals surface area contributed by atoms with Crippen molar-refractivity contribution >= 4 is 11.6 Å². The largest absolute Gasteiger partial charge is 0.439 e. The molecule has 0 aliphatic rings. The van der Waals surface area contributed by atoms with Crippen molar-refractivity contribution < 1.29 is 8.81 Å². The molecule has 1 aromatic heterocycles. The number of nitrogens with zero attached hydrogens (tertiary/aromatic N) is 1. The zero-order valence-electron chi connectivity index (χ0n) is 9.50. The molecule has 0 amide bonds. The van der Waals surface area contributed by atoms with E-state index in [1.807, 2.05) is 14.0 Å². The molecule has 0 spiro atoms. The van der Waals surface area contributed by atoms with Crippen LogP contribution in [0.1, 0.15) is 18.9 Å². The van der Waals surface area contributed by atoms with E-state index in [0.29, 0.717) is 17.2 Å². The molecule has 0 fully saturated rings. The normalized spacial score (nSPS) is 12.7. The first-order valence-corrected chi connectivity index (χ1v) is 5.58. The maximum absolute atomic E-state index is 13.3. The molecule has 0 aliphatic carbocycles. The van der Waals surface area contributed by atoms with Gasteiger partial charge in [0, 0.05) is 5.56 Å². The summed E-state index contributed by atoms with van der Waals surface area (Å²) in [5.41, 5.74) is 0.619. The van der Waals surface area contributed by atoms with Crippen molar-refractivity contribution in [3.05, 3.63) is 41.1 Å². The van der Waals surface area contributed by atoms with E-state index in [-0.39, 0.29) is 11.1 Å². The standard InChI is InChI=1S/C12H12ClFN2O/c1-7(15-2)12-16-6-11(17-12)8-3-4-9(13)10(14)5-8/h3-7,15H,1-2H3. The maximum Gasteiger partial charge on any atom is 0.211 e. The predicted octanol–water partition coefficient (Wildman–Crippen LogP) is 3.41. The van der Waals surface area contributed by atoms with Crippen LogP contribution in [0.3, 0.4) is 0 Å². The summed E-state index contributed by atoms with van der Waals surface area (Å²) in [5.74, 6) is 0.624. The number of oxazole rings is 1. The smallest absolute Gasteiger partial charge is 0.211 e. The second kappa shape index (κ2) is 4.85. The molecule has 5 heteroatoms. The van der Waals surface area contributed by atoms with E-state index < -0.39 is 5.82 Å². The number of hydrogen-bond donors (Lipinski definition) is 1. The molecule has 1 heterocycles. The molecule has 3 nitrogen and oxygen atoms in total. The Morgan fingerprint density at radius 1 is 1.47 bits per heavy atom. The second-order valence-corrected chi connectivity index (χ2v) is 4.11. The van der Waals surface area contributed by atoms with Crippen LogP contribution >= 0.6 is 11.6 Å². The number of nitrogens with one attached hydrogen (secondary N) is 1. The van der Waals surface area contributed by atoms with E-state index in [1.54, 1.807) is 12.3 Å². The minimum atomic E-state index is -0.469. The van der Waals surface area contributed by atoms with E-state index in [0.717, 1.165) is 0 Å². The Morgan fingerprint density at radius 3 is 2.88 bits per heavy atom. The monoisotopic (exact) mass is 254 g/mol. The Bertz CT molecular complexity index is 527. The summed E-state index contributed by atoms with van der Waals surface area (Å²) in [4.78, 5) is 4.13. The van der Waals surface area contributed by atoms with Crippen LogP contribution in [0.5, 0.6) is 0 Å². The maximum atomic E-state index is 13.3. The Labute approximate surface area is 104 Å². The van der Waals surface area contributed by atoms with Gasteiger partial charge in [0.05, 0.1) is 17.3 Å². The van der Waals surface area contributed by atoms with Crippen molar-refractivity contribution in [3.63, 3.8) is 0 Å². The second-order valence-electron chi connectivity index (χ2n) is 3.70. The van der Waals surface area contributed by atoms with E-state index in [4.69, 9.17) is 16.0 Å². The molecule has 1 aromatic carbocycles. The minimum absolute atomic E-state index is 0.0147. The number of hydrogen-bond acceptors (Lipinski definition) is 3. The Hall–Kier alpha value is -1.39. The summed E-state index contributed by atoms with van der Waals surface area (Å²) in [6.45, 7) is 1.93. The van der Waals surface area contributed by atoms with Gasteiger partial charge in [0.1, 0.15) is 5.82 Å². The Kier molecular flexibility index (Phi) is 3.45. The summed E-state index contributed by atoms with van der Waals surface area (Å²) < 4.78 is 18.8. The summed E-state index contributed by atoms with van der Waals surface area (Å²) >= 11 is 5.61. The van der Waals surface area contributed by atoms with Gasteiger partial charge in [0.2, 0.25) is 5.89 Å². The molecular weight excluding hydrogens is 243 g/mol. The van der Waals surface area contributed by atoms with Gasteiger partial charge in [-0.3, -0.25) is 0 Å². The summed E-state index contributed by atoms with van der Waals surface area (Å²) in [6.07, 6.45) is 1.58. The SMILES string of the molecule is CNC(C)c1ncc(-c2ccc(Cl)c(F)c2)o1. The van der Waals surface area contributed by atoms with Crippen LogP contribution in [0.25, 0.3) is 11.3 Å². The number of benzene rings is 1. The van der Waals surface area contributed by atoms with Gasteiger partial charge in [-0.25, -0.2) is 9.37 Å². The van der Waals surface area contributed by atoms with Gasteiger partial charge in [0.15, 0.2) is 5.76 Å². The van der Waals surface area contributed by atoms with E-state index in [2.05, 4.69) is 10.3 Å². The lowest BCUT2D eigenvalue weighted by molar-refractivity contribution is 0.441. The van der Waals surface area contributed by atoms with Crippen LogP contribution in [0.2, 0.25) is 5.02 Å². The highest BCUT2D eigenvalue weighted by Crippen LogP contribution is 2.26.